The predicted octanol–water partition coefficient (Wildman–Crippen LogP) is 3.11. The van der Waals surface area contributed by atoms with Crippen LogP contribution in [-0.4, -0.2) is 32.7 Å². The van der Waals surface area contributed by atoms with E-state index in [4.69, 9.17) is 15.3 Å². The van der Waals surface area contributed by atoms with Gasteiger partial charge in [0.1, 0.15) is 0 Å². The van der Waals surface area contributed by atoms with Crippen LogP contribution in [-0.2, 0) is 34.2 Å². The quantitative estimate of drug-likeness (QED) is 0.414. The summed E-state index contributed by atoms with van der Waals surface area (Å²) in [6.07, 6.45) is 3.50. The molecule has 6 nitrogen and oxygen atoms in total. The van der Waals surface area contributed by atoms with Crippen molar-refractivity contribution in [1.29, 1.82) is 0 Å². The Morgan fingerprint density at radius 3 is 0.682 bits per heavy atom. The number of ketones is 3. The largest absolute Gasteiger partial charge is 0.512 e. The molecule has 0 bridgehead atoms. The fourth-order valence-corrected chi connectivity index (χ4v) is 0.882. The van der Waals surface area contributed by atoms with Crippen molar-refractivity contribution >= 4 is 17.3 Å². The molecule has 0 fully saturated rings. The summed E-state index contributed by atoms with van der Waals surface area (Å²) < 4.78 is 0. The van der Waals surface area contributed by atoms with Crippen LogP contribution < -0.4 is 0 Å². The molecule has 0 aromatic rings. The molecule has 0 saturated heterocycles. The number of hydrogen-bond donors (Lipinski definition) is 3. The Morgan fingerprint density at radius 2 is 0.682 bits per heavy atom. The zero-order chi connectivity index (χ0) is 17.6. The molecular weight excluding hydrogens is 466 g/mol. The van der Waals surface area contributed by atoms with E-state index in [1.165, 1.54) is 59.8 Å². The van der Waals surface area contributed by atoms with Crippen LogP contribution in [0.4, 0.5) is 0 Å². The maximum Gasteiger partial charge on any atom is 0.155 e. The van der Waals surface area contributed by atoms with Crippen LogP contribution in [0, 0.1) is 0 Å². The number of aliphatic hydroxyl groups excluding tert-OH is 3. The van der Waals surface area contributed by atoms with Gasteiger partial charge in [-0.2, -0.15) is 0 Å². The van der Waals surface area contributed by atoms with Gasteiger partial charge in [0.05, 0.1) is 17.3 Å². The van der Waals surface area contributed by atoms with Gasteiger partial charge in [-0.15, -0.1) is 0 Å². The van der Waals surface area contributed by atoms with E-state index in [1.54, 1.807) is 0 Å². The fourth-order valence-electron chi connectivity index (χ4n) is 0.882. The van der Waals surface area contributed by atoms with Gasteiger partial charge in [0.2, 0.25) is 0 Å². The molecule has 0 radical (unpaired) electrons. The van der Waals surface area contributed by atoms with Crippen molar-refractivity contribution in [2.24, 2.45) is 0 Å². The van der Waals surface area contributed by atoms with Crippen LogP contribution in [0.25, 0.3) is 0 Å². The molecule has 0 amide bonds. The van der Waals surface area contributed by atoms with Crippen LogP contribution in [0.1, 0.15) is 41.5 Å². The second-order valence-electron chi connectivity index (χ2n) is 4.19. The number of rotatable bonds is 3. The third-order valence-electron chi connectivity index (χ3n) is 1.24. The number of carbonyl (C=O) groups excluding carboxylic acids is 3. The van der Waals surface area contributed by atoms with Crippen molar-refractivity contribution in [3.05, 3.63) is 35.5 Å². The van der Waals surface area contributed by atoms with Gasteiger partial charge < -0.3 is 15.3 Å². The van der Waals surface area contributed by atoms with Crippen LogP contribution in [0.5, 0.6) is 0 Å². The fraction of sp³-hybridized carbons (Fsp3) is 0.400. The van der Waals surface area contributed by atoms with Crippen LogP contribution >= 0.6 is 0 Å². The predicted molar refractivity (Wildman–Crippen MR) is 81.2 cm³/mol. The molecule has 22 heavy (non-hydrogen) atoms. The van der Waals surface area contributed by atoms with Gasteiger partial charge in [0, 0.05) is 38.0 Å². The van der Waals surface area contributed by atoms with E-state index in [1.807, 2.05) is 0 Å². The molecular formula is C15H24O6Os. The van der Waals surface area contributed by atoms with Crippen molar-refractivity contribution in [3.63, 3.8) is 0 Å². The van der Waals surface area contributed by atoms with E-state index in [2.05, 4.69) is 0 Å². The Morgan fingerprint density at radius 1 is 0.545 bits per heavy atom. The summed E-state index contributed by atoms with van der Waals surface area (Å²) in [7, 11) is 0. The maximum atomic E-state index is 10.0. The molecule has 7 heteroatoms. The molecule has 0 aromatic heterocycles. The molecule has 0 aliphatic carbocycles. The van der Waals surface area contributed by atoms with E-state index in [0.29, 0.717) is 0 Å². The first-order valence-corrected chi connectivity index (χ1v) is 6.02. The number of aliphatic hydroxyl groups is 3. The van der Waals surface area contributed by atoms with Crippen molar-refractivity contribution in [1.82, 2.24) is 0 Å². The van der Waals surface area contributed by atoms with Crippen molar-refractivity contribution in [2.45, 2.75) is 41.5 Å². The monoisotopic (exact) mass is 492 g/mol. The Kier molecular flexibility index (Phi) is 22.4. The van der Waals surface area contributed by atoms with E-state index >= 15 is 0 Å². The first kappa shape index (κ1) is 28.4. The van der Waals surface area contributed by atoms with Gasteiger partial charge in [0.25, 0.3) is 0 Å². The number of carbonyl (C=O) groups is 3. The number of hydrogen-bond acceptors (Lipinski definition) is 6. The number of allylic oxidation sites excluding steroid dienone is 6. The normalized spacial score (nSPS) is 10.9. The Labute approximate surface area is 144 Å². The van der Waals surface area contributed by atoms with Crippen LogP contribution in [0.3, 0.4) is 0 Å². The molecule has 0 saturated carbocycles. The third-order valence-corrected chi connectivity index (χ3v) is 1.24. The van der Waals surface area contributed by atoms with Gasteiger partial charge in [-0.1, -0.05) is 0 Å². The minimum absolute atomic E-state index is 0. The Bertz CT molecular complexity index is 368. The summed E-state index contributed by atoms with van der Waals surface area (Å²) in [5.41, 5.74) is 0. The first-order chi connectivity index (χ1) is 9.38. The van der Waals surface area contributed by atoms with Crippen molar-refractivity contribution < 1.29 is 49.5 Å². The van der Waals surface area contributed by atoms with Gasteiger partial charge in [-0.05, 0) is 41.5 Å². The summed E-state index contributed by atoms with van der Waals surface area (Å²) in [5, 5.41) is 25.1. The molecule has 128 valence electrons. The smallest absolute Gasteiger partial charge is 0.155 e. The van der Waals surface area contributed by atoms with E-state index < -0.39 is 0 Å². The Hall–Kier alpha value is -1.73. The van der Waals surface area contributed by atoms with Crippen LogP contribution in [0.2, 0.25) is 0 Å². The van der Waals surface area contributed by atoms with Crippen molar-refractivity contribution in [3.8, 4) is 0 Å². The standard InChI is InChI=1S/3C5H8O2.Os/c3*1-4(6)3-5(2)7;/h3*3,6H,1-2H3;/b3*4-3-;. The average molecular weight is 491 g/mol. The minimum Gasteiger partial charge on any atom is -0.512 e. The topological polar surface area (TPSA) is 112 Å². The zero-order valence-electron chi connectivity index (χ0n) is 13.7. The summed E-state index contributed by atoms with van der Waals surface area (Å²) in [6, 6.07) is 0. The van der Waals surface area contributed by atoms with Crippen molar-refractivity contribution in [2.75, 3.05) is 0 Å². The van der Waals surface area contributed by atoms with Gasteiger partial charge >= 0.3 is 0 Å². The SMILES string of the molecule is CC(=O)/C=C(/C)O.CC(=O)/C=C(/C)O.CC(=O)/C=C(/C)O.[Os]. The van der Waals surface area contributed by atoms with Gasteiger partial charge in [-0.25, -0.2) is 0 Å². The van der Waals surface area contributed by atoms with Crippen LogP contribution in [0.15, 0.2) is 35.5 Å². The molecule has 0 atom stereocenters. The molecule has 0 heterocycles. The van der Waals surface area contributed by atoms with E-state index in [9.17, 15) is 14.4 Å². The van der Waals surface area contributed by atoms with E-state index in [0.717, 1.165) is 0 Å². The molecule has 3 N–H and O–H groups in total. The Balaban J connectivity index is -0.000000108. The van der Waals surface area contributed by atoms with Gasteiger partial charge in [-0.3, -0.25) is 14.4 Å². The molecule has 0 aromatic carbocycles. The third kappa shape index (κ3) is 51.7. The second kappa shape index (κ2) is 17.3. The average Bonchev–Trinajstić information content (AvgIpc) is 2.10. The summed E-state index contributed by atoms with van der Waals surface area (Å²) >= 11 is 0. The molecule has 0 rings (SSSR count). The second-order valence-corrected chi connectivity index (χ2v) is 4.19. The minimum atomic E-state index is -0.125. The summed E-state index contributed by atoms with van der Waals surface area (Å²) in [5.74, 6) is -0.187. The molecule has 0 aliphatic rings. The summed E-state index contributed by atoms with van der Waals surface area (Å²) in [4.78, 5) is 30.1. The first-order valence-electron chi connectivity index (χ1n) is 6.02. The summed E-state index contributed by atoms with van der Waals surface area (Å²) in [6.45, 7) is 8.54. The maximum absolute atomic E-state index is 10.0. The molecule has 0 unspecified atom stereocenters. The zero-order valence-corrected chi connectivity index (χ0v) is 16.2. The van der Waals surface area contributed by atoms with E-state index in [-0.39, 0.29) is 54.4 Å². The molecule has 0 aliphatic heterocycles. The molecule has 0 spiro atoms. The van der Waals surface area contributed by atoms with Gasteiger partial charge in [0.15, 0.2) is 17.3 Å².